The van der Waals surface area contributed by atoms with Crippen molar-refractivity contribution in [2.45, 2.75) is 5.88 Å². The lowest BCUT2D eigenvalue weighted by Crippen LogP contribution is -1.99. The Labute approximate surface area is 94.8 Å². The molecule has 15 heavy (non-hydrogen) atoms. The molecule has 0 saturated heterocycles. The van der Waals surface area contributed by atoms with Crippen molar-refractivity contribution in [1.29, 1.82) is 0 Å². The van der Waals surface area contributed by atoms with Gasteiger partial charge in [0.25, 0.3) is 0 Å². The van der Waals surface area contributed by atoms with Crippen LogP contribution in [0.25, 0.3) is 11.0 Å². The minimum atomic E-state index is -0.536. The molecule has 1 aromatic heterocycles. The van der Waals surface area contributed by atoms with Crippen LogP contribution in [-0.2, 0) is 5.88 Å². The average Bonchev–Trinajstić information content (AvgIpc) is 2.23. The number of fused-ring (bicyclic) bond motifs is 1. The van der Waals surface area contributed by atoms with E-state index in [1.165, 1.54) is 12.1 Å². The molecule has 0 aliphatic heterocycles. The van der Waals surface area contributed by atoms with Gasteiger partial charge in [-0.25, -0.2) is 4.79 Å². The number of hydrogen-bond acceptors (Lipinski definition) is 3. The maximum absolute atomic E-state index is 11.2. The highest BCUT2D eigenvalue weighted by molar-refractivity contribution is 6.36. The van der Waals surface area contributed by atoms with Gasteiger partial charge < -0.3 is 9.52 Å². The number of halogens is 2. The zero-order valence-corrected chi connectivity index (χ0v) is 8.97. The largest absolute Gasteiger partial charge is 0.506 e. The third kappa shape index (κ3) is 1.68. The van der Waals surface area contributed by atoms with Gasteiger partial charge >= 0.3 is 5.63 Å². The van der Waals surface area contributed by atoms with Crippen molar-refractivity contribution >= 4 is 34.2 Å². The summed E-state index contributed by atoms with van der Waals surface area (Å²) in [5.74, 6) is 0.0578. The molecule has 1 aromatic carbocycles. The fourth-order valence-corrected chi connectivity index (χ4v) is 1.78. The van der Waals surface area contributed by atoms with E-state index >= 15 is 0 Å². The second-order valence-electron chi connectivity index (χ2n) is 3.00. The first kappa shape index (κ1) is 10.3. The highest BCUT2D eigenvalue weighted by atomic mass is 35.5. The summed E-state index contributed by atoms with van der Waals surface area (Å²) in [5.41, 5.74) is 0.260. The van der Waals surface area contributed by atoms with Crippen molar-refractivity contribution < 1.29 is 9.52 Å². The molecule has 1 N–H and O–H groups in total. The van der Waals surface area contributed by atoms with Crippen LogP contribution in [0.3, 0.4) is 0 Å². The van der Waals surface area contributed by atoms with Crippen LogP contribution in [0.4, 0.5) is 0 Å². The molecule has 2 rings (SSSR count). The summed E-state index contributed by atoms with van der Waals surface area (Å²) in [6, 6.07) is 4.35. The minimum Gasteiger partial charge on any atom is -0.506 e. The fourth-order valence-electron chi connectivity index (χ4n) is 1.36. The zero-order chi connectivity index (χ0) is 11.0. The summed E-state index contributed by atoms with van der Waals surface area (Å²) in [7, 11) is 0. The van der Waals surface area contributed by atoms with Gasteiger partial charge in [0.05, 0.1) is 0 Å². The zero-order valence-electron chi connectivity index (χ0n) is 7.46. The molecule has 0 aliphatic carbocycles. The standard InChI is InChI=1S/C10H6Cl2O3/c11-4-5-3-8(14)15-10-6(5)1-2-7(13)9(10)12/h1-3,13H,4H2. The highest BCUT2D eigenvalue weighted by Gasteiger charge is 2.11. The SMILES string of the molecule is O=c1cc(CCl)c2ccc(O)c(Cl)c2o1. The Kier molecular flexibility index (Phi) is 2.59. The summed E-state index contributed by atoms with van der Waals surface area (Å²) in [6.45, 7) is 0. The maximum atomic E-state index is 11.2. The Balaban J connectivity index is 2.96. The van der Waals surface area contributed by atoms with Crippen LogP contribution in [0.1, 0.15) is 5.56 Å². The lowest BCUT2D eigenvalue weighted by atomic mass is 10.1. The first-order valence-electron chi connectivity index (χ1n) is 4.13. The molecule has 5 heteroatoms. The Bertz CT molecular complexity index is 575. The van der Waals surface area contributed by atoms with E-state index in [0.717, 1.165) is 0 Å². The average molecular weight is 245 g/mol. The Morgan fingerprint density at radius 3 is 2.80 bits per heavy atom. The van der Waals surface area contributed by atoms with Crippen LogP contribution in [0.5, 0.6) is 5.75 Å². The Morgan fingerprint density at radius 1 is 1.40 bits per heavy atom. The van der Waals surface area contributed by atoms with E-state index in [1.807, 2.05) is 0 Å². The van der Waals surface area contributed by atoms with Crippen molar-refractivity contribution in [3.05, 3.63) is 39.2 Å². The molecule has 0 bridgehead atoms. The van der Waals surface area contributed by atoms with E-state index in [4.69, 9.17) is 27.6 Å². The number of phenolic OH excluding ortho intramolecular Hbond substituents is 1. The number of hydrogen-bond donors (Lipinski definition) is 1. The van der Waals surface area contributed by atoms with Crippen LogP contribution < -0.4 is 5.63 Å². The van der Waals surface area contributed by atoms with Gasteiger partial charge in [0, 0.05) is 17.3 Å². The Morgan fingerprint density at radius 2 is 2.13 bits per heavy atom. The monoisotopic (exact) mass is 244 g/mol. The molecule has 0 radical (unpaired) electrons. The molecule has 0 atom stereocenters. The fraction of sp³-hybridized carbons (Fsp3) is 0.100. The highest BCUT2D eigenvalue weighted by Crippen LogP contribution is 2.32. The van der Waals surface area contributed by atoms with Gasteiger partial charge in [-0.2, -0.15) is 0 Å². The number of phenols is 1. The summed E-state index contributed by atoms with van der Waals surface area (Å²) < 4.78 is 4.91. The first-order valence-corrected chi connectivity index (χ1v) is 5.05. The molecule has 0 unspecified atom stereocenters. The number of rotatable bonds is 1. The van der Waals surface area contributed by atoms with Crippen LogP contribution >= 0.6 is 23.2 Å². The molecule has 0 aliphatic rings. The summed E-state index contributed by atoms with van der Waals surface area (Å²) in [6.07, 6.45) is 0. The molecular weight excluding hydrogens is 239 g/mol. The molecule has 0 fully saturated rings. The normalized spacial score (nSPS) is 10.8. The van der Waals surface area contributed by atoms with Gasteiger partial charge in [-0.1, -0.05) is 11.6 Å². The van der Waals surface area contributed by atoms with E-state index < -0.39 is 5.63 Å². The third-order valence-corrected chi connectivity index (χ3v) is 2.71. The van der Waals surface area contributed by atoms with Gasteiger partial charge in [0.15, 0.2) is 5.58 Å². The van der Waals surface area contributed by atoms with Crippen LogP contribution in [0, 0.1) is 0 Å². The van der Waals surface area contributed by atoms with Crippen molar-refractivity contribution in [2.24, 2.45) is 0 Å². The molecule has 0 saturated carbocycles. The van der Waals surface area contributed by atoms with E-state index in [1.54, 1.807) is 6.07 Å². The second kappa shape index (κ2) is 3.76. The predicted molar refractivity (Wildman–Crippen MR) is 58.7 cm³/mol. The van der Waals surface area contributed by atoms with Gasteiger partial charge in [-0.15, -0.1) is 11.6 Å². The topological polar surface area (TPSA) is 50.4 Å². The molecule has 0 spiro atoms. The molecule has 2 aromatic rings. The quantitative estimate of drug-likeness (QED) is 0.620. The third-order valence-electron chi connectivity index (χ3n) is 2.06. The molecule has 0 amide bonds. The van der Waals surface area contributed by atoms with Gasteiger partial charge in [0.1, 0.15) is 10.8 Å². The first-order chi connectivity index (χ1) is 7.13. The van der Waals surface area contributed by atoms with E-state index in [-0.39, 0.29) is 22.2 Å². The summed E-state index contributed by atoms with van der Waals surface area (Å²) >= 11 is 11.5. The predicted octanol–water partition coefficient (Wildman–Crippen LogP) is 2.89. The van der Waals surface area contributed by atoms with Crippen LogP contribution in [-0.4, -0.2) is 5.11 Å². The lowest BCUT2D eigenvalue weighted by molar-refractivity contribution is 0.473. The van der Waals surface area contributed by atoms with Gasteiger partial charge in [0.2, 0.25) is 0 Å². The molecule has 3 nitrogen and oxygen atoms in total. The van der Waals surface area contributed by atoms with Crippen LogP contribution in [0.15, 0.2) is 27.4 Å². The Hall–Kier alpha value is -1.19. The van der Waals surface area contributed by atoms with Gasteiger partial charge in [-0.3, -0.25) is 0 Å². The van der Waals surface area contributed by atoms with E-state index in [9.17, 15) is 9.90 Å². The second-order valence-corrected chi connectivity index (χ2v) is 3.64. The smallest absolute Gasteiger partial charge is 0.336 e. The van der Waals surface area contributed by atoms with Crippen molar-refractivity contribution in [2.75, 3.05) is 0 Å². The van der Waals surface area contributed by atoms with E-state index in [0.29, 0.717) is 10.9 Å². The number of aromatic hydroxyl groups is 1. The number of alkyl halides is 1. The molecule has 1 heterocycles. The van der Waals surface area contributed by atoms with Crippen molar-refractivity contribution in [1.82, 2.24) is 0 Å². The van der Waals surface area contributed by atoms with Crippen molar-refractivity contribution in [3.8, 4) is 5.75 Å². The van der Waals surface area contributed by atoms with Gasteiger partial charge in [-0.05, 0) is 17.7 Å². The maximum Gasteiger partial charge on any atom is 0.336 e. The molecule has 78 valence electrons. The molecular formula is C10H6Cl2O3. The lowest BCUT2D eigenvalue weighted by Gasteiger charge is -2.04. The minimum absolute atomic E-state index is 0.0246. The summed E-state index contributed by atoms with van der Waals surface area (Å²) in [5, 5.41) is 10.0. The van der Waals surface area contributed by atoms with E-state index in [2.05, 4.69) is 0 Å². The van der Waals surface area contributed by atoms with Crippen LogP contribution in [0.2, 0.25) is 5.02 Å². The number of benzene rings is 1. The van der Waals surface area contributed by atoms with Crippen molar-refractivity contribution in [3.63, 3.8) is 0 Å². The summed E-state index contributed by atoms with van der Waals surface area (Å²) in [4.78, 5) is 11.2.